The number of carbonyl (C=O) groups is 1. The van der Waals surface area contributed by atoms with Crippen molar-refractivity contribution in [2.45, 2.75) is 13.8 Å². The molecule has 0 N–H and O–H groups in total. The number of benzene rings is 1. The Morgan fingerprint density at radius 2 is 2.07 bits per heavy atom. The number of carbonyl (C=O) groups excluding carboxylic acids is 1. The van der Waals surface area contributed by atoms with Gasteiger partial charge in [-0.3, -0.25) is 9.36 Å². The molecule has 0 atom stereocenters. The topological polar surface area (TPSA) is 22.0 Å². The maximum atomic E-state index is 11.4. The zero-order valence-electron chi connectivity index (χ0n) is 8.04. The third-order valence-electron chi connectivity index (χ3n) is 2.26. The van der Waals surface area contributed by atoms with Crippen LogP contribution in [0.1, 0.15) is 17.4 Å². The largest absolute Gasteiger partial charge is 0.285 e. The predicted molar refractivity (Wildman–Crippen MR) is 58.0 cm³/mol. The van der Waals surface area contributed by atoms with Crippen molar-refractivity contribution in [1.29, 1.82) is 0 Å². The quantitative estimate of drug-likeness (QED) is 0.650. The summed E-state index contributed by atoms with van der Waals surface area (Å²) in [5.41, 5.74) is 1.86. The maximum Gasteiger partial charge on any atom is 0.228 e. The zero-order chi connectivity index (χ0) is 10.3. The Morgan fingerprint density at radius 3 is 2.71 bits per heavy atom. The van der Waals surface area contributed by atoms with E-state index < -0.39 is 0 Å². The minimum atomic E-state index is 0.0276. The van der Waals surface area contributed by atoms with Gasteiger partial charge in [0.1, 0.15) is 0 Å². The minimum absolute atomic E-state index is 0.0276. The van der Waals surface area contributed by atoms with E-state index in [4.69, 9.17) is 11.6 Å². The van der Waals surface area contributed by atoms with Crippen molar-refractivity contribution in [2.75, 3.05) is 0 Å². The number of hydrogen-bond acceptors (Lipinski definition) is 1. The third kappa shape index (κ3) is 1.32. The smallest absolute Gasteiger partial charge is 0.228 e. The first-order valence-corrected chi connectivity index (χ1v) is 4.76. The monoisotopic (exact) mass is 207 g/mol. The summed E-state index contributed by atoms with van der Waals surface area (Å²) in [7, 11) is 0. The van der Waals surface area contributed by atoms with Gasteiger partial charge in [-0.1, -0.05) is 11.6 Å². The highest BCUT2D eigenvalue weighted by Gasteiger charge is 2.08. The lowest BCUT2D eigenvalue weighted by molar-refractivity contribution is 0.0940. The molecular weight excluding hydrogens is 198 g/mol. The SMILES string of the molecule is CC(=O)n1c(C)cc2cc(Cl)ccc21. The van der Waals surface area contributed by atoms with Crippen LogP contribution in [0.5, 0.6) is 0 Å². The third-order valence-corrected chi connectivity index (χ3v) is 2.50. The molecule has 0 amide bonds. The van der Waals surface area contributed by atoms with E-state index in [0.29, 0.717) is 5.02 Å². The summed E-state index contributed by atoms with van der Waals surface area (Å²) >= 11 is 5.87. The number of aryl methyl sites for hydroxylation is 1. The number of aromatic nitrogens is 1. The second kappa shape index (κ2) is 3.14. The van der Waals surface area contributed by atoms with Crippen LogP contribution in [0.2, 0.25) is 5.02 Å². The van der Waals surface area contributed by atoms with Gasteiger partial charge in [-0.2, -0.15) is 0 Å². The molecule has 2 nitrogen and oxygen atoms in total. The fraction of sp³-hybridized carbons (Fsp3) is 0.182. The molecule has 0 aliphatic heterocycles. The van der Waals surface area contributed by atoms with Crippen LogP contribution in [0.3, 0.4) is 0 Å². The van der Waals surface area contributed by atoms with Crippen LogP contribution in [0.15, 0.2) is 24.3 Å². The fourth-order valence-electron chi connectivity index (χ4n) is 1.74. The number of nitrogens with zero attached hydrogens (tertiary/aromatic N) is 1. The molecule has 0 radical (unpaired) electrons. The fourth-order valence-corrected chi connectivity index (χ4v) is 1.92. The Hall–Kier alpha value is -1.28. The Labute approximate surface area is 87.1 Å². The van der Waals surface area contributed by atoms with Crippen LogP contribution in [0.4, 0.5) is 0 Å². The number of hydrogen-bond donors (Lipinski definition) is 0. The van der Waals surface area contributed by atoms with Crippen molar-refractivity contribution in [3.8, 4) is 0 Å². The molecule has 0 spiro atoms. The van der Waals surface area contributed by atoms with E-state index in [1.54, 1.807) is 17.6 Å². The van der Waals surface area contributed by atoms with Gasteiger partial charge in [0.2, 0.25) is 5.91 Å². The molecule has 0 aliphatic carbocycles. The number of fused-ring (bicyclic) bond motifs is 1. The summed E-state index contributed by atoms with van der Waals surface area (Å²) in [6, 6.07) is 7.49. The van der Waals surface area contributed by atoms with E-state index in [9.17, 15) is 4.79 Å². The molecule has 0 bridgehead atoms. The Morgan fingerprint density at radius 1 is 1.36 bits per heavy atom. The first-order valence-electron chi connectivity index (χ1n) is 4.38. The minimum Gasteiger partial charge on any atom is -0.285 e. The average molecular weight is 208 g/mol. The van der Waals surface area contributed by atoms with Crippen molar-refractivity contribution in [3.63, 3.8) is 0 Å². The lowest BCUT2D eigenvalue weighted by Crippen LogP contribution is -2.06. The summed E-state index contributed by atoms with van der Waals surface area (Å²) in [5, 5.41) is 1.70. The highest BCUT2D eigenvalue weighted by Crippen LogP contribution is 2.22. The van der Waals surface area contributed by atoms with Crippen LogP contribution in [0.25, 0.3) is 10.9 Å². The Balaban J connectivity index is 2.84. The molecule has 2 rings (SSSR count). The number of rotatable bonds is 0. The number of halogens is 1. The average Bonchev–Trinajstić information content (AvgIpc) is 2.39. The molecule has 0 fully saturated rings. The van der Waals surface area contributed by atoms with E-state index in [-0.39, 0.29) is 5.91 Å². The molecule has 72 valence electrons. The molecule has 1 aromatic heterocycles. The van der Waals surface area contributed by atoms with Crippen molar-refractivity contribution in [2.24, 2.45) is 0 Å². The predicted octanol–water partition coefficient (Wildman–Crippen LogP) is 3.26. The molecule has 0 saturated heterocycles. The van der Waals surface area contributed by atoms with Gasteiger partial charge >= 0.3 is 0 Å². The van der Waals surface area contributed by atoms with Gasteiger partial charge in [-0.05, 0) is 31.2 Å². The van der Waals surface area contributed by atoms with Gasteiger partial charge in [0, 0.05) is 23.0 Å². The maximum absolute atomic E-state index is 11.4. The highest BCUT2D eigenvalue weighted by molar-refractivity contribution is 6.31. The van der Waals surface area contributed by atoms with E-state index in [0.717, 1.165) is 16.6 Å². The van der Waals surface area contributed by atoms with E-state index in [1.807, 2.05) is 25.1 Å². The van der Waals surface area contributed by atoms with Gasteiger partial charge in [0.15, 0.2) is 0 Å². The van der Waals surface area contributed by atoms with Crippen LogP contribution >= 0.6 is 11.6 Å². The summed E-state index contributed by atoms with van der Waals surface area (Å²) in [5.74, 6) is 0.0276. The molecule has 2 aromatic rings. The first kappa shape index (κ1) is 9.28. The summed E-state index contributed by atoms with van der Waals surface area (Å²) in [6.07, 6.45) is 0. The summed E-state index contributed by atoms with van der Waals surface area (Å²) < 4.78 is 1.69. The van der Waals surface area contributed by atoms with Gasteiger partial charge in [-0.15, -0.1) is 0 Å². The van der Waals surface area contributed by atoms with Crippen LogP contribution in [0, 0.1) is 6.92 Å². The van der Waals surface area contributed by atoms with Gasteiger partial charge < -0.3 is 0 Å². The second-order valence-electron chi connectivity index (χ2n) is 3.34. The first-order chi connectivity index (χ1) is 6.59. The van der Waals surface area contributed by atoms with Crippen molar-refractivity contribution in [1.82, 2.24) is 4.57 Å². The molecule has 1 aromatic carbocycles. The van der Waals surface area contributed by atoms with Crippen LogP contribution in [-0.2, 0) is 0 Å². The molecule has 0 unspecified atom stereocenters. The van der Waals surface area contributed by atoms with Gasteiger partial charge in [0.25, 0.3) is 0 Å². The highest BCUT2D eigenvalue weighted by atomic mass is 35.5. The van der Waals surface area contributed by atoms with Crippen LogP contribution < -0.4 is 0 Å². The van der Waals surface area contributed by atoms with Crippen molar-refractivity contribution in [3.05, 3.63) is 35.0 Å². The summed E-state index contributed by atoms with van der Waals surface area (Å²) in [4.78, 5) is 11.4. The lowest BCUT2D eigenvalue weighted by atomic mass is 10.2. The van der Waals surface area contributed by atoms with Gasteiger partial charge in [0.05, 0.1) is 5.52 Å². The zero-order valence-corrected chi connectivity index (χ0v) is 8.80. The molecule has 3 heteroatoms. The van der Waals surface area contributed by atoms with E-state index >= 15 is 0 Å². The molecule has 0 saturated carbocycles. The lowest BCUT2D eigenvalue weighted by Gasteiger charge is -2.01. The molecule has 0 aliphatic rings. The van der Waals surface area contributed by atoms with E-state index in [2.05, 4.69) is 0 Å². The molecule has 14 heavy (non-hydrogen) atoms. The second-order valence-corrected chi connectivity index (χ2v) is 3.78. The molecule has 1 heterocycles. The Bertz CT molecular complexity index is 513. The molecular formula is C11H10ClNO. The van der Waals surface area contributed by atoms with Crippen LogP contribution in [-0.4, -0.2) is 10.5 Å². The standard InChI is InChI=1S/C11H10ClNO/c1-7-5-9-6-10(12)3-4-11(9)13(7)8(2)14/h3-6H,1-2H3. The Kier molecular flexibility index (Phi) is 2.08. The van der Waals surface area contributed by atoms with Gasteiger partial charge in [-0.25, -0.2) is 0 Å². The van der Waals surface area contributed by atoms with E-state index in [1.165, 1.54) is 0 Å². The van der Waals surface area contributed by atoms with Crippen molar-refractivity contribution >= 4 is 28.4 Å². The summed E-state index contributed by atoms with van der Waals surface area (Å²) in [6.45, 7) is 3.47. The normalized spacial score (nSPS) is 10.8. The van der Waals surface area contributed by atoms with Crippen molar-refractivity contribution < 1.29 is 4.79 Å².